The van der Waals surface area contributed by atoms with E-state index in [1.165, 1.54) is 6.20 Å². The van der Waals surface area contributed by atoms with E-state index < -0.39 is 0 Å². The van der Waals surface area contributed by atoms with Gasteiger partial charge in [0.2, 0.25) is 0 Å². The van der Waals surface area contributed by atoms with Gasteiger partial charge in [-0.15, -0.1) is 0 Å². The van der Waals surface area contributed by atoms with Gasteiger partial charge in [0.25, 0.3) is 0 Å². The molecule has 1 aromatic heterocycles. The quantitative estimate of drug-likeness (QED) is 0.723. The van der Waals surface area contributed by atoms with Crippen LogP contribution in [-0.4, -0.2) is 15.5 Å². The number of aromatic nitrogens is 2. The van der Waals surface area contributed by atoms with Gasteiger partial charge in [-0.25, -0.2) is 4.98 Å². The van der Waals surface area contributed by atoms with Crippen LogP contribution >= 0.6 is 11.6 Å². The summed E-state index contributed by atoms with van der Waals surface area (Å²) in [7, 11) is 1.78. The second kappa shape index (κ2) is 5.00. The minimum absolute atomic E-state index is 0.183. The second-order valence-corrected chi connectivity index (χ2v) is 3.35. The largest absolute Gasteiger partial charge is 0.458 e. The number of nitrogens with zero attached hydrogens (tertiary/aromatic N) is 2. The zero-order chi connectivity index (χ0) is 10.6. The third-order valence-corrected chi connectivity index (χ3v) is 2.20. The number of hydrogen-bond acceptors (Lipinski definition) is 3. The number of rotatable bonds is 4. The Hall–Kier alpha value is -1.03. The molecular weight excluding hydrogens is 204 g/mol. The van der Waals surface area contributed by atoms with Gasteiger partial charge in [0.1, 0.15) is 17.6 Å². The highest BCUT2D eigenvalue weighted by molar-refractivity contribution is 6.29. The molecule has 0 N–H and O–H groups in total. The van der Waals surface area contributed by atoms with Crippen LogP contribution in [0.1, 0.15) is 25.6 Å². The topological polar surface area (TPSA) is 44.1 Å². The molecule has 0 radical (unpaired) electrons. The lowest BCUT2D eigenvalue weighted by molar-refractivity contribution is -0.145. The van der Waals surface area contributed by atoms with Crippen molar-refractivity contribution in [3.63, 3.8) is 0 Å². The molecule has 0 saturated carbocycles. The number of imidazole rings is 1. The van der Waals surface area contributed by atoms with Gasteiger partial charge >= 0.3 is 5.97 Å². The molecule has 1 heterocycles. The van der Waals surface area contributed by atoms with Crippen LogP contribution in [0.4, 0.5) is 0 Å². The van der Waals surface area contributed by atoms with E-state index in [4.69, 9.17) is 16.3 Å². The molecule has 0 bridgehead atoms. The zero-order valence-electron chi connectivity index (χ0n) is 8.29. The number of ether oxygens (including phenoxy) is 1. The number of halogens is 1. The van der Waals surface area contributed by atoms with Gasteiger partial charge in [0, 0.05) is 13.5 Å². The standard InChI is InChI=1S/C9H13ClN2O2/c1-3-4-9(13)14-6-8-11-5-7(10)12(8)2/h5H,3-4,6H2,1-2H3. The summed E-state index contributed by atoms with van der Waals surface area (Å²) < 4.78 is 6.66. The summed E-state index contributed by atoms with van der Waals surface area (Å²) in [6, 6.07) is 0. The van der Waals surface area contributed by atoms with Crippen LogP contribution < -0.4 is 0 Å². The summed E-state index contributed by atoms with van der Waals surface area (Å²) in [4.78, 5) is 15.0. The van der Waals surface area contributed by atoms with Crippen molar-refractivity contribution >= 4 is 17.6 Å². The summed E-state index contributed by atoms with van der Waals surface area (Å²) >= 11 is 5.77. The van der Waals surface area contributed by atoms with E-state index in [1.807, 2.05) is 6.92 Å². The highest BCUT2D eigenvalue weighted by Crippen LogP contribution is 2.09. The maximum Gasteiger partial charge on any atom is 0.306 e. The lowest BCUT2D eigenvalue weighted by Crippen LogP contribution is -2.07. The van der Waals surface area contributed by atoms with Crippen LogP contribution in [0.25, 0.3) is 0 Å². The van der Waals surface area contributed by atoms with Crippen molar-refractivity contribution in [1.82, 2.24) is 9.55 Å². The van der Waals surface area contributed by atoms with E-state index in [0.29, 0.717) is 17.4 Å². The molecule has 4 nitrogen and oxygen atoms in total. The van der Waals surface area contributed by atoms with E-state index >= 15 is 0 Å². The minimum Gasteiger partial charge on any atom is -0.458 e. The first-order chi connectivity index (χ1) is 6.65. The van der Waals surface area contributed by atoms with Gasteiger partial charge in [-0.3, -0.25) is 4.79 Å². The average molecular weight is 217 g/mol. The highest BCUT2D eigenvalue weighted by Gasteiger charge is 2.07. The molecule has 1 rings (SSSR count). The van der Waals surface area contributed by atoms with Gasteiger partial charge < -0.3 is 9.30 Å². The number of esters is 1. The fourth-order valence-corrected chi connectivity index (χ4v) is 1.13. The smallest absolute Gasteiger partial charge is 0.306 e. The lowest BCUT2D eigenvalue weighted by atomic mass is 10.3. The molecule has 0 aliphatic carbocycles. The van der Waals surface area contributed by atoms with Gasteiger partial charge in [-0.1, -0.05) is 18.5 Å². The second-order valence-electron chi connectivity index (χ2n) is 2.97. The Balaban J connectivity index is 2.46. The molecule has 0 aliphatic rings. The third-order valence-electron chi connectivity index (χ3n) is 1.84. The van der Waals surface area contributed by atoms with Crippen LogP contribution in [0.15, 0.2) is 6.20 Å². The van der Waals surface area contributed by atoms with E-state index in [2.05, 4.69) is 4.98 Å². The van der Waals surface area contributed by atoms with E-state index in [9.17, 15) is 4.79 Å². The van der Waals surface area contributed by atoms with Crippen LogP contribution in [0.3, 0.4) is 0 Å². The Morgan fingerprint density at radius 3 is 2.93 bits per heavy atom. The Labute approximate surface area is 87.8 Å². The first-order valence-corrected chi connectivity index (χ1v) is 4.84. The van der Waals surface area contributed by atoms with E-state index in [0.717, 1.165) is 6.42 Å². The Bertz CT molecular complexity index is 323. The highest BCUT2D eigenvalue weighted by atomic mass is 35.5. The molecule has 0 aromatic carbocycles. The maximum absolute atomic E-state index is 11.0. The molecule has 0 atom stereocenters. The normalized spacial score (nSPS) is 10.2. The lowest BCUT2D eigenvalue weighted by Gasteiger charge is -2.04. The molecule has 14 heavy (non-hydrogen) atoms. The number of hydrogen-bond donors (Lipinski definition) is 0. The van der Waals surface area contributed by atoms with Gasteiger partial charge in [0.15, 0.2) is 0 Å². The van der Waals surface area contributed by atoms with Crippen molar-refractivity contribution in [2.24, 2.45) is 7.05 Å². The van der Waals surface area contributed by atoms with Crippen molar-refractivity contribution < 1.29 is 9.53 Å². The molecule has 1 aromatic rings. The number of carbonyl (C=O) groups is 1. The van der Waals surface area contributed by atoms with Crippen LogP contribution in [0.5, 0.6) is 0 Å². The van der Waals surface area contributed by atoms with E-state index in [1.54, 1.807) is 11.6 Å². The number of carbonyl (C=O) groups excluding carboxylic acids is 1. The minimum atomic E-state index is -0.202. The molecule has 0 aliphatic heterocycles. The van der Waals surface area contributed by atoms with Crippen molar-refractivity contribution in [3.05, 3.63) is 17.2 Å². The summed E-state index contributed by atoms with van der Waals surface area (Å²) in [6.07, 6.45) is 2.77. The van der Waals surface area contributed by atoms with Gasteiger partial charge in [-0.2, -0.15) is 0 Å². The molecule has 0 saturated heterocycles. The molecule has 0 unspecified atom stereocenters. The average Bonchev–Trinajstić information content (AvgIpc) is 2.46. The van der Waals surface area contributed by atoms with Gasteiger partial charge in [-0.05, 0) is 6.42 Å². The van der Waals surface area contributed by atoms with E-state index in [-0.39, 0.29) is 12.6 Å². The Kier molecular flexibility index (Phi) is 3.95. The first kappa shape index (κ1) is 11.0. The summed E-state index contributed by atoms with van der Waals surface area (Å²) in [6.45, 7) is 2.11. The van der Waals surface area contributed by atoms with Crippen LogP contribution in [-0.2, 0) is 23.2 Å². The SMILES string of the molecule is CCCC(=O)OCc1ncc(Cl)n1C. The Morgan fingerprint density at radius 2 is 2.43 bits per heavy atom. The molecule has 0 amide bonds. The third kappa shape index (κ3) is 2.73. The molecule has 5 heteroatoms. The Morgan fingerprint density at radius 1 is 1.71 bits per heavy atom. The molecule has 0 spiro atoms. The predicted molar refractivity (Wildman–Crippen MR) is 52.9 cm³/mol. The maximum atomic E-state index is 11.0. The van der Waals surface area contributed by atoms with Gasteiger partial charge in [0.05, 0.1) is 6.20 Å². The van der Waals surface area contributed by atoms with Crippen molar-refractivity contribution in [1.29, 1.82) is 0 Å². The summed E-state index contributed by atoms with van der Waals surface area (Å²) in [5.74, 6) is 0.450. The summed E-state index contributed by atoms with van der Waals surface area (Å²) in [5.41, 5.74) is 0. The predicted octanol–water partition coefficient (Wildman–Crippen LogP) is 1.92. The first-order valence-electron chi connectivity index (χ1n) is 4.47. The van der Waals surface area contributed by atoms with Crippen LogP contribution in [0.2, 0.25) is 5.15 Å². The molecule has 78 valence electrons. The van der Waals surface area contributed by atoms with Crippen molar-refractivity contribution in [2.75, 3.05) is 0 Å². The monoisotopic (exact) mass is 216 g/mol. The van der Waals surface area contributed by atoms with Crippen molar-refractivity contribution in [2.45, 2.75) is 26.4 Å². The fraction of sp³-hybridized carbons (Fsp3) is 0.556. The fourth-order valence-electron chi connectivity index (χ4n) is 0.980. The van der Waals surface area contributed by atoms with Crippen molar-refractivity contribution in [3.8, 4) is 0 Å². The zero-order valence-corrected chi connectivity index (χ0v) is 9.04. The molecule has 0 fully saturated rings. The summed E-state index contributed by atoms with van der Waals surface area (Å²) in [5, 5.41) is 0.534. The van der Waals surface area contributed by atoms with Crippen LogP contribution in [0, 0.1) is 0 Å². The molecular formula is C9H13ClN2O2.